The van der Waals surface area contributed by atoms with Gasteiger partial charge in [-0.3, -0.25) is 19.3 Å². The minimum absolute atomic E-state index is 0.0588. The van der Waals surface area contributed by atoms with E-state index in [0.717, 1.165) is 55.6 Å². The van der Waals surface area contributed by atoms with E-state index < -0.39 is 5.91 Å². The summed E-state index contributed by atoms with van der Waals surface area (Å²) in [5.41, 5.74) is 7.72. The molecule has 0 spiro atoms. The Kier molecular flexibility index (Phi) is 6.15. The molecular weight excluding hydrogens is 400 g/mol. The van der Waals surface area contributed by atoms with Crippen molar-refractivity contribution >= 4 is 34.1 Å². The van der Waals surface area contributed by atoms with E-state index in [9.17, 15) is 14.4 Å². The summed E-state index contributed by atoms with van der Waals surface area (Å²) in [7, 11) is 0. The number of nitrogens with two attached hydrogens (primary N) is 1. The lowest BCUT2D eigenvalue weighted by atomic mass is 10.0. The van der Waals surface area contributed by atoms with E-state index in [0.29, 0.717) is 16.1 Å². The van der Waals surface area contributed by atoms with Crippen LogP contribution in [0.4, 0.5) is 5.00 Å². The molecule has 0 unspecified atom stereocenters. The summed E-state index contributed by atoms with van der Waals surface area (Å²) < 4.78 is 0. The highest BCUT2D eigenvalue weighted by atomic mass is 32.1. The van der Waals surface area contributed by atoms with Crippen molar-refractivity contribution in [1.82, 2.24) is 10.2 Å². The summed E-state index contributed by atoms with van der Waals surface area (Å²) in [6.45, 7) is 1.73. The van der Waals surface area contributed by atoms with Gasteiger partial charge in [0.25, 0.3) is 11.8 Å². The lowest BCUT2D eigenvalue weighted by Crippen LogP contribution is -2.46. The van der Waals surface area contributed by atoms with E-state index in [1.54, 1.807) is 12.1 Å². The van der Waals surface area contributed by atoms with Crippen molar-refractivity contribution in [2.24, 2.45) is 5.73 Å². The molecule has 1 aromatic carbocycles. The first-order valence-corrected chi connectivity index (χ1v) is 11.2. The quantitative estimate of drug-likeness (QED) is 0.658. The fraction of sp³-hybridized carbons (Fsp3) is 0.409. The molecule has 0 atom stereocenters. The molecule has 4 N–H and O–H groups in total. The van der Waals surface area contributed by atoms with Crippen LogP contribution in [0.3, 0.4) is 0 Å². The molecule has 1 aliphatic heterocycles. The number of amides is 3. The number of fused-ring (bicyclic) bond motifs is 1. The van der Waals surface area contributed by atoms with Crippen LogP contribution >= 0.6 is 11.3 Å². The summed E-state index contributed by atoms with van der Waals surface area (Å²) in [4.78, 5) is 40.0. The number of hydrogen-bond acceptors (Lipinski definition) is 5. The fourth-order valence-corrected chi connectivity index (χ4v) is 5.53. The number of benzene rings is 1. The maximum atomic E-state index is 12.6. The van der Waals surface area contributed by atoms with Crippen LogP contribution in [-0.2, 0) is 17.6 Å². The predicted molar refractivity (Wildman–Crippen MR) is 117 cm³/mol. The zero-order chi connectivity index (χ0) is 21.1. The van der Waals surface area contributed by atoms with Crippen LogP contribution in [0, 0.1) is 0 Å². The maximum Gasteiger partial charge on any atom is 0.251 e. The number of nitrogens with one attached hydrogen (secondary N) is 2. The van der Waals surface area contributed by atoms with E-state index in [1.165, 1.54) is 11.3 Å². The average Bonchev–Trinajstić information content (AvgIpc) is 3.30. The van der Waals surface area contributed by atoms with E-state index in [1.807, 2.05) is 18.2 Å². The normalized spacial score (nSPS) is 16.8. The molecule has 1 fully saturated rings. The molecule has 0 bridgehead atoms. The molecule has 4 rings (SSSR count). The fourth-order valence-electron chi connectivity index (χ4n) is 4.22. The standard InChI is InChI=1S/C22H26N4O3S/c23-20(28)19-16-7-4-8-17(16)30-22(19)25-18(27)13-26-11-9-15(10-12-26)24-21(29)14-5-2-1-3-6-14/h1-3,5-6,15H,4,7-13H2,(H2,23,28)(H,24,29)(H,25,27). The van der Waals surface area contributed by atoms with Crippen LogP contribution in [-0.4, -0.2) is 48.3 Å². The van der Waals surface area contributed by atoms with Gasteiger partial charge in [0, 0.05) is 29.6 Å². The Morgan fingerprint density at radius 2 is 1.83 bits per heavy atom. The maximum absolute atomic E-state index is 12.6. The van der Waals surface area contributed by atoms with Crippen LogP contribution < -0.4 is 16.4 Å². The Morgan fingerprint density at radius 3 is 2.53 bits per heavy atom. The summed E-state index contributed by atoms with van der Waals surface area (Å²) in [5, 5.41) is 6.56. The Morgan fingerprint density at radius 1 is 1.10 bits per heavy atom. The number of hydrogen-bond donors (Lipinski definition) is 3. The van der Waals surface area contributed by atoms with E-state index in [-0.39, 0.29) is 24.4 Å². The molecule has 1 aliphatic carbocycles. The predicted octanol–water partition coefficient (Wildman–Crippen LogP) is 2.17. The lowest BCUT2D eigenvalue weighted by Gasteiger charge is -2.31. The number of carbonyl (C=O) groups excluding carboxylic acids is 3. The highest BCUT2D eigenvalue weighted by molar-refractivity contribution is 7.17. The van der Waals surface area contributed by atoms with Gasteiger partial charge in [0.15, 0.2) is 0 Å². The van der Waals surface area contributed by atoms with E-state index >= 15 is 0 Å². The summed E-state index contributed by atoms with van der Waals surface area (Å²) in [5.74, 6) is -0.666. The van der Waals surface area contributed by atoms with Gasteiger partial charge in [-0.05, 0) is 49.8 Å². The second kappa shape index (κ2) is 8.97. The van der Waals surface area contributed by atoms with Gasteiger partial charge in [-0.2, -0.15) is 0 Å². The summed E-state index contributed by atoms with van der Waals surface area (Å²) in [6, 6.07) is 9.30. The second-order valence-electron chi connectivity index (χ2n) is 7.86. The lowest BCUT2D eigenvalue weighted by molar-refractivity contribution is -0.117. The minimum Gasteiger partial charge on any atom is -0.365 e. The van der Waals surface area contributed by atoms with Crippen molar-refractivity contribution in [1.29, 1.82) is 0 Å². The summed E-state index contributed by atoms with van der Waals surface area (Å²) >= 11 is 1.47. The molecule has 1 saturated heterocycles. The number of nitrogens with zero attached hydrogens (tertiary/aromatic N) is 1. The van der Waals surface area contributed by atoms with Crippen molar-refractivity contribution in [3.8, 4) is 0 Å². The molecule has 158 valence electrons. The number of anilines is 1. The van der Waals surface area contributed by atoms with Gasteiger partial charge in [-0.25, -0.2) is 0 Å². The monoisotopic (exact) mass is 426 g/mol. The van der Waals surface area contributed by atoms with Crippen molar-refractivity contribution in [3.63, 3.8) is 0 Å². The molecule has 2 aliphatic rings. The highest BCUT2D eigenvalue weighted by Gasteiger charge is 2.27. The number of thiophene rings is 1. The molecule has 1 aromatic heterocycles. The first kappa shape index (κ1) is 20.6. The van der Waals surface area contributed by atoms with Gasteiger partial charge in [-0.1, -0.05) is 18.2 Å². The largest absolute Gasteiger partial charge is 0.365 e. The number of aryl methyl sites for hydroxylation is 1. The third-order valence-corrected chi connectivity index (χ3v) is 6.95. The molecule has 2 aromatic rings. The summed E-state index contributed by atoms with van der Waals surface area (Å²) in [6.07, 6.45) is 4.42. The minimum atomic E-state index is -0.473. The zero-order valence-corrected chi connectivity index (χ0v) is 17.6. The Bertz CT molecular complexity index is 949. The van der Waals surface area contributed by atoms with Gasteiger partial charge in [0.05, 0.1) is 12.1 Å². The molecule has 2 heterocycles. The SMILES string of the molecule is NC(=O)c1c(NC(=O)CN2CCC(NC(=O)c3ccccc3)CC2)sc2c1CCC2. The molecule has 8 heteroatoms. The molecule has 3 amide bonds. The third kappa shape index (κ3) is 4.55. The van der Waals surface area contributed by atoms with E-state index in [4.69, 9.17) is 5.73 Å². The topological polar surface area (TPSA) is 105 Å². The highest BCUT2D eigenvalue weighted by Crippen LogP contribution is 2.38. The van der Waals surface area contributed by atoms with Gasteiger partial charge >= 0.3 is 0 Å². The first-order valence-electron chi connectivity index (χ1n) is 10.3. The molecule has 30 heavy (non-hydrogen) atoms. The van der Waals surface area contributed by atoms with E-state index in [2.05, 4.69) is 15.5 Å². The van der Waals surface area contributed by atoms with Gasteiger partial charge in [-0.15, -0.1) is 11.3 Å². The van der Waals surface area contributed by atoms with Crippen LogP contribution in [0.5, 0.6) is 0 Å². The number of carbonyl (C=O) groups is 3. The van der Waals surface area contributed by atoms with Gasteiger partial charge < -0.3 is 16.4 Å². The van der Waals surface area contributed by atoms with Crippen LogP contribution in [0.2, 0.25) is 0 Å². The second-order valence-corrected chi connectivity index (χ2v) is 8.97. The molecule has 0 radical (unpaired) electrons. The third-order valence-electron chi connectivity index (χ3n) is 5.75. The van der Waals surface area contributed by atoms with Crippen molar-refractivity contribution in [2.75, 3.05) is 25.0 Å². The van der Waals surface area contributed by atoms with Crippen LogP contribution in [0.1, 0.15) is 50.4 Å². The van der Waals surface area contributed by atoms with Crippen molar-refractivity contribution in [3.05, 3.63) is 51.9 Å². The van der Waals surface area contributed by atoms with Gasteiger partial charge in [0.1, 0.15) is 5.00 Å². The Hall–Kier alpha value is -2.71. The molecule has 7 nitrogen and oxygen atoms in total. The first-order chi connectivity index (χ1) is 14.5. The Labute approximate surface area is 179 Å². The average molecular weight is 427 g/mol. The number of likely N-dealkylation sites (tertiary alicyclic amines) is 1. The van der Waals surface area contributed by atoms with Crippen LogP contribution in [0.15, 0.2) is 30.3 Å². The number of piperidine rings is 1. The number of primary amides is 1. The van der Waals surface area contributed by atoms with Crippen LogP contribution in [0.25, 0.3) is 0 Å². The smallest absolute Gasteiger partial charge is 0.251 e. The van der Waals surface area contributed by atoms with Crippen molar-refractivity contribution in [2.45, 2.75) is 38.1 Å². The van der Waals surface area contributed by atoms with Crippen molar-refractivity contribution < 1.29 is 14.4 Å². The molecule has 0 saturated carbocycles. The number of rotatable bonds is 6. The zero-order valence-electron chi connectivity index (χ0n) is 16.8. The van der Waals surface area contributed by atoms with Gasteiger partial charge in [0.2, 0.25) is 5.91 Å². The molecular formula is C22H26N4O3S. The Balaban J connectivity index is 1.27.